The number of piperazine rings is 1. The Kier molecular flexibility index (Phi) is 5.55. The Morgan fingerprint density at radius 3 is 2.65 bits per heavy atom. The summed E-state index contributed by atoms with van der Waals surface area (Å²) in [6, 6.07) is 5.14. The summed E-state index contributed by atoms with van der Waals surface area (Å²) in [5.74, 6) is 0.464. The summed E-state index contributed by atoms with van der Waals surface area (Å²) in [4.78, 5) is 2.31. The van der Waals surface area contributed by atoms with E-state index < -0.39 is 6.61 Å². The molecule has 0 amide bonds. The highest BCUT2D eigenvalue weighted by Gasteiger charge is 2.14. The van der Waals surface area contributed by atoms with Crippen molar-refractivity contribution in [3.8, 4) is 11.5 Å². The van der Waals surface area contributed by atoms with Gasteiger partial charge in [-0.2, -0.15) is 8.78 Å². The number of hydrogen-bond donors (Lipinski definition) is 1. The van der Waals surface area contributed by atoms with Gasteiger partial charge in [0.1, 0.15) is 0 Å². The van der Waals surface area contributed by atoms with Crippen LogP contribution in [0.5, 0.6) is 11.5 Å². The van der Waals surface area contributed by atoms with Gasteiger partial charge >= 0.3 is 6.61 Å². The fourth-order valence-electron chi connectivity index (χ4n) is 2.24. The van der Waals surface area contributed by atoms with E-state index in [-0.39, 0.29) is 5.75 Å². The summed E-state index contributed by atoms with van der Waals surface area (Å²) in [6.07, 6.45) is 0. The number of alkyl halides is 2. The Balaban J connectivity index is 2.07. The molecule has 0 aromatic heterocycles. The zero-order valence-electron chi connectivity index (χ0n) is 11.6. The molecule has 1 fully saturated rings. The molecule has 4 nitrogen and oxygen atoms in total. The van der Waals surface area contributed by atoms with Crippen molar-refractivity contribution in [3.63, 3.8) is 0 Å². The molecule has 1 heterocycles. The number of hydrogen-bond acceptors (Lipinski definition) is 4. The predicted octanol–water partition coefficient (Wildman–Crippen LogP) is 2.09. The monoisotopic (exact) mass is 286 g/mol. The number of benzene rings is 1. The molecule has 1 saturated heterocycles. The minimum absolute atomic E-state index is 0.0888. The van der Waals surface area contributed by atoms with Crippen molar-refractivity contribution in [2.45, 2.75) is 20.1 Å². The average Bonchev–Trinajstić information content (AvgIpc) is 2.43. The fourth-order valence-corrected chi connectivity index (χ4v) is 2.24. The highest BCUT2D eigenvalue weighted by atomic mass is 19.3. The second kappa shape index (κ2) is 7.40. The first-order valence-electron chi connectivity index (χ1n) is 6.82. The van der Waals surface area contributed by atoms with Gasteiger partial charge in [0.05, 0.1) is 6.61 Å². The van der Waals surface area contributed by atoms with E-state index in [1.807, 2.05) is 13.0 Å². The highest BCUT2D eigenvalue weighted by molar-refractivity contribution is 5.43. The first-order chi connectivity index (χ1) is 9.69. The molecule has 2 rings (SSSR count). The molecule has 1 N–H and O–H groups in total. The van der Waals surface area contributed by atoms with Crippen molar-refractivity contribution in [1.82, 2.24) is 10.2 Å². The number of rotatable bonds is 6. The van der Waals surface area contributed by atoms with Crippen LogP contribution < -0.4 is 14.8 Å². The molecule has 0 aliphatic carbocycles. The summed E-state index contributed by atoms with van der Waals surface area (Å²) in [6.45, 7) is 4.10. The van der Waals surface area contributed by atoms with Crippen LogP contribution in [0.3, 0.4) is 0 Å². The van der Waals surface area contributed by atoms with Crippen molar-refractivity contribution >= 4 is 0 Å². The summed E-state index contributed by atoms with van der Waals surface area (Å²) < 4.78 is 34.5. The lowest BCUT2D eigenvalue weighted by atomic mass is 10.1. The molecule has 1 aliphatic heterocycles. The molecule has 20 heavy (non-hydrogen) atoms. The van der Waals surface area contributed by atoms with Gasteiger partial charge in [0.2, 0.25) is 0 Å². The lowest BCUT2D eigenvalue weighted by molar-refractivity contribution is -0.0514. The first kappa shape index (κ1) is 15.0. The highest BCUT2D eigenvalue weighted by Crippen LogP contribution is 2.30. The van der Waals surface area contributed by atoms with E-state index >= 15 is 0 Å². The van der Waals surface area contributed by atoms with Gasteiger partial charge in [-0.15, -0.1) is 0 Å². The lowest BCUT2D eigenvalue weighted by Crippen LogP contribution is -2.42. The zero-order valence-corrected chi connectivity index (χ0v) is 11.6. The zero-order chi connectivity index (χ0) is 14.4. The largest absolute Gasteiger partial charge is 0.490 e. The molecule has 0 unspecified atom stereocenters. The molecule has 1 aliphatic rings. The van der Waals surface area contributed by atoms with Crippen molar-refractivity contribution in [3.05, 3.63) is 23.8 Å². The minimum atomic E-state index is -2.84. The van der Waals surface area contributed by atoms with Gasteiger partial charge in [-0.05, 0) is 24.6 Å². The van der Waals surface area contributed by atoms with E-state index in [0.717, 1.165) is 38.3 Å². The SMILES string of the molecule is CCOc1cc(CN2CCNCC2)ccc1OC(F)F. The normalized spacial score (nSPS) is 16.4. The molecule has 0 bridgehead atoms. The third-order valence-electron chi connectivity index (χ3n) is 3.14. The molecule has 6 heteroatoms. The molecule has 0 radical (unpaired) electrons. The Labute approximate surface area is 117 Å². The molecule has 0 spiro atoms. The van der Waals surface area contributed by atoms with Crippen LogP contribution in [0, 0.1) is 0 Å². The third kappa shape index (κ3) is 4.31. The van der Waals surface area contributed by atoms with E-state index in [0.29, 0.717) is 12.4 Å². The van der Waals surface area contributed by atoms with Gasteiger partial charge in [0, 0.05) is 32.7 Å². The standard InChI is InChI=1S/C14H20F2N2O2/c1-2-19-13-9-11(3-4-12(13)20-14(15)16)10-18-7-5-17-6-8-18/h3-4,9,14,17H,2,5-8,10H2,1H3. The van der Waals surface area contributed by atoms with Crippen LogP contribution >= 0.6 is 0 Å². The van der Waals surface area contributed by atoms with Gasteiger partial charge in [0.15, 0.2) is 11.5 Å². The fraction of sp³-hybridized carbons (Fsp3) is 0.571. The Hall–Kier alpha value is -1.40. The van der Waals surface area contributed by atoms with Gasteiger partial charge in [-0.25, -0.2) is 0 Å². The van der Waals surface area contributed by atoms with Crippen molar-refractivity contribution in [2.75, 3.05) is 32.8 Å². The molecule has 0 saturated carbocycles. The van der Waals surface area contributed by atoms with E-state index in [1.165, 1.54) is 0 Å². The van der Waals surface area contributed by atoms with Gasteiger partial charge in [0.25, 0.3) is 0 Å². The van der Waals surface area contributed by atoms with E-state index in [2.05, 4.69) is 15.0 Å². The Morgan fingerprint density at radius 2 is 2.00 bits per heavy atom. The predicted molar refractivity (Wildman–Crippen MR) is 72.4 cm³/mol. The maximum atomic E-state index is 12.3. The van der Waals surface area contributed by atoms with Crippen LogP contribution in [0.25, 0.3) is 0 Å². The molecule has 0 atom stereocenters. The molecular weight excluding hydrogens is 266 g/mol. The number of nitrogens with zero attached hydrogens (tertiary/aromatic N) is 1. The van der Waals surface area contributed by atoms with Gasteiger partial charge in [-0.1, -0.05) is 6.07 Å². The second-order valence-corrected chi connectivity index (χ2v) is 4.62. The first-order valence-corrected chi connectivity index (χ1v) is 6.82. The average molecular weight is 286 g/mol. The third-order valence-corrected chi connectivity index (χ3v) is 3.14. The van der Waals surface area contributed by atoms with Crippen LogP contribution in [-0.2, 0) is 6.54 Å². The van der Waals surface area contributed by atoms with Crippen molar-refractivity contribution < 1.29 is 18.3 Å². The lowest BCUT2D eigenvalue weighted by Gasteiger charge is -2.27. The molecular formula is C14H20F2N2O2. The van der Waals surface area contributed by atoms with E-state index in [9.17, 15) is 8.78 Å². The maximum absolute atomic E-state index is 12.3. The summed E-state index contributed by atoms with van der Waals surface area (Å²) >= 11 is 0. The molecule has 1 aromatic carbocycles. The quantitative estimate of drug-likeness (QED) is 0.868. The second-order valence-electron chi connectivity index (χ2n) is 4.62. The summed E-state index contributed by atoms with van der Waals surface area (Å²) in [7, 11) is 0. The van der Waals surface area contributed by atoms with Crippen LogP contribution in [0.15, 0.2) is 18.2 Å². The van der Waals surface area contributed by atoms with E-state index in [4.69, 9.17) is 4.74 Å². The van der Waals surface area contributed by atoms with Crippen LogP contribution in [0.2, 0.25) is 0 Å². The number of nitrogens with one attached hydrogen (secondary N) is 1. The van der Waals surface area contributed by atoms with Crippen LogP contribution in [0.4, 0.5) is 8.78 Å². The van der Waals surface area contributed by atoms with Crippen LogP contribution in [-0.4, -0.2) is 44.3 Å². The maximum Gasteiger partial charge on any atom is 0.387 e. The van der Waals surface area contributed by atoms with Crippen molar-refractivity contribution in [2.24, 2.45) is 0 Å². The summed E-state index contributed by atoms with van der Waals surface area (Å²) in [5.41, 5.74) is 1.04. The van der Waals surface area contributed by atoms with Crippen molar-refractivity contribution in [1.29, 1.82) is 0 Å². The molecule has 1 aromatic rings. The summed E-state index contributed by atoms with van der Waals surface area (Å²) in [5, 5.41) is 3.29. The van der Waals surface area contributed by atoms with Gasteiger partial charge in [-0.3, -0.25) is 4.90 Å². The topological polar surface area (TPSA) is 33.7 Å². The van der Waals surface area contributed by atoms with E-state index in [1.54, 1.807) is 12.1 Å². The van der Waals surface area contributed by atoms with Gasteiger partial charge < -0.3 is 14.8 Å². The number of ether oxygens (including phenoxy) is 2. The number of halogens is 2. The molecule has 112 valence electrons. The van der Waals surface area contributed by atoms with Crippen LogP contribution in [0.1, 0.15) is 12.5 Å². The smallest absolute Gasteiger partial charge is 0.387 e. The Bertz CT molecular complexity index is 424. The minimum Gasteiger partial charge on any atom is -0.490 e. The Morgan fingerprint density at radius 1 is 1.25 bits per heavy atom.